The van der Waals surface area contributed by atoms with Crippen molar-refractivity contribution in [3.8, 4) is 11.5 Å². The van der Waals surface area contributed by atoms with Gasteiger partial charge in [-0.25, -0.2) is 4.39 Å². The van der Waals surface area contributed by atoms with E-state index in [1.165, 1.54) is 18.2 Å². The molecule has 0 fully saturated rings. The molecule has 0 aromatic heterocycles. The van der Waals surface area contributed by atoms with Crippen LogP contribution in [0.5, 0.6) is 11.5 Å². The van der Waals surface area contributed by atoms with Crippen LogP contribution in [0.25, 0.3) is 0 Å². The molecule has 0 radical (unpaired) electrons. The summed E-state index contributed by atoms with van der Waals surface area (Å²) in [5, 5.41) is 9.66. The van der Waals surface area contributed by atoms with Crippen LogP contribution in [0.15, 0.2) is 66.7 Å². The van der Waals surface area contributed by atoms with Crippen LogP contribution in [0, 0.1) is 5.82 Å². The van der Waals surface area contributed by atoms with Gasteiger partial charge in [0.1, 0.15) is 17.3 Å². The summed E-state index contributed by atoms with van der Waals surface area (Å²) in [6.45, 7) is 2.30. The molecule has 3 aromatic rings. The van der Waals surface area contributed by atoms with E-state index >= 15 is 0 Å². The molecule has 36 heavy (non-hydrogen) atoms. The molecule has 1 N–H and O–H groups in total. The fraction of sp³-hybridized carbons (Fsp3) is 0.308. The lowest BCUT2D eigenvalue weighted by molar-refractivity contribution is -0.200. The van der Waals surface area contributed by atoms with Gasteiger partial charge in [0.15, 0.2) is 6.10 Å². The Morgan fingerprint density at radius 1 is 0.861 bits per heavy atom. The van der Waals surface area contributed by atoms with Gasteiger partial charge >= 0.3 is 12.4 Å². The summed E-state index contributed by atoms with van der Waals surface area (Å²) >= 11 is 0. The second kappa shape index (κ2) is 10.8. The Morgan fingerprint density at radius 3 is 2.11 bits per heavy atom. The zero-order valence-electron chi connectivity index (χ0n) is 19.4. The highest BCUT2D eigenvalue weighted by Gasteiger charge is 2.39. The summed E-state index contributed by atoms with van der Waals surface area (Å²) in [6.07, 6.45) is -12.6. The Bertz CT molecular complexity index is 1180. The van der Waals surface area contributed by atoms with E-state index in [9.17, 15) is 35.8 Å². The normalized spacial score (nSPS) is 13.1. The third-order valence-electron chi connectivity index (χ3n) is 5.45. The van der Waals surface area contributed by atoms with Gasteiger partial charge in [0.25, 0.3) is 0 Å². The molecule has 0 aliphatic heterocycles. The van der Waals surface area contributed by atoms with Gasteiger partial charge in [0.05, 0.1) is 12.1 Å². The number of aliphatic hydroxyl groups is 1. The minimum absolute atomic E-state index is 0.0904. The summed E-state index contributed by atoms with van der Waals surface area (Å²) in [4.78, 5) is 0.953. The highest BCUT2D eigenvalue weighted by molar-refractivity contribution is 5.52. The number of alkyl halides is 6. The molecule has 0 spiro atoms. The standard InChI is InChI=1S/C26H24F7NO2/c1-16(2)17-5-3-7-21(12-17)36-22-8-4-6-20(13-22)34(15-24(35)26(31,32)33)14-18-11-19(25(28,29)30)9-10-23(18)27/h3-13,16,24,35H,14-15H2,1-2H3/t24-/m1/s1. The summed E-state index contributed by atoms with van der Waals surface area (Å²) in [5.41, 5.74) is -0.529. The van der Waals surface area contributed by atoms with Crippen LogP contribution in [0.3, 0.4) is 0 Å². The van der Waals surface area contributed by atoms with Crippen molar-refractivity contribution < 1.29 is 40.6 Å². The quantitative estimate of drug-likeness (QED) is 0.312. The molecule has 0 saturated carbocycles. The fourth-order valence-electron chi connectivity index (χ4n) is 3.47. The zero-order chi connectivity index (χ0) is 26.7. The first-order valence-electron chi connectivity index (χ1n) is 11.0. The molecule has 0 heterocycles. The predicted octanol–water partition coefficient (Wildman–Crippen LogP) is 7.69. The van der Waals surface area contributed by atoms with Gasteiger partial charge in [-0.15, -0.1) is 0 Å². The second-order valence-electron chi connectivity index (χ2n) is 8.57. The van der Waals surface area contributed by atoms with E-state index in [4.69, 9.17) is 4.74 Å². The molecule has 194 valence electrons. The molecule has 3 rings (SSSR count). The Hall–Kier alpha value is -3.27. The Labute approximate surface area is 203 Å². The number of ether oxygens (including phenoxy) is 1. The predicted molar refractivity (Wildman–Crippen MR) is 122 cm³/mol. The first-order chi connectivity index (χ1) is 16.7. The van der Waals surface area contributed by atoms with Gasteiger partial charge in [-0.1, -0.05) is 32.0 Å². The highest BCUT2D eigenvalue weighted by Crippen LogP contribution is 2.33. The minimum Gasteiger partial charge on any atom is -0.457 e. The number of benzene rings is 3. The maximum atomic E-state index is 14.4. The van der Waals surface area contributed by atoms with Crippen LogP contribution in [0.4, 0.5) is 36.4 Å². The van der Waals surface area contributed by atoms with Crippen LogP contribution >= 0.6 is 0 Å². The maximum absolute atomic E-state index is 14.4. The Morgan fingerprint density at radius 2 is 1.50 bits per heavy atom. The maximum Gasteiger partial charge on any atom is 0.416 e. The lowest BCUT2D eigenvalue weighted by atomic mass is 10.0. The van der Waals surface area contributed by atoms with E-state index in [0.29, 0.717) is 23.9 Å². The number of nitrogens with zero attached hydrogens (tertiary/aromatic N) is 1. The van der Waals surface area contributed by atoms with Gasteiger partial charge in [-0.05, 0) is 53.9 Å². The Kier molecular flexibility index (Phi) is 8.18. The van der Waals surface area contributed by atoms with Gasteiger partial charge in [0, 0.05) is 23.9 Å². The molecule has 1 atom stereocenters. The highest BCUT2D eigenvalue weighted by atomic mass is 19.4. The number of hydrogen-bond acceptors (Lipinski definition) is 3. The fourth-order valence-corrected chi connectivity index (χ4v) is 3.47. The summed E-state index contributed by atoms with van der Waals surface area (Å²) in [6, 6.07) is 14.7. The molecule has 0 unspecified atom stereocenters. The molecule has 0 aliphatic carbocycles. The van der Waals surface area contributed by atoms with Crippen molar-refractivity contribution in [1.29, 1.82) is 0 Å². The van der Waals surface area contributed by atoms with Crippen molar-refractivity contribution in [2.24, 2.45) is 0 Å². The van der Waals surface area contributed by atoms with Gasteiger partial charge < -0.3 is 14.7 Å². The summed E-state index contributed by atoms with van der Waals surface area (Å²) in [7, 11) is 0. The third-order valence-corrected chi connectivity index (χ3v) is 5.45. The summed E-state index contributed by atoms with van der Waals surface area (Å²) in [5.74, 6) is -0.0810. The zero-order valence-corrected chi connectivity index (χ0v) is 19.4. The van der Waals surface area contributed by atoms with Crippen molar-refractivity contribution >= 4 is 5.69 Å². The van der Waals surface area contributed by atoms with Gasteiger partial charge in [-0.3, -0.25) is 0 Å². The summed E-state index contributed by atoms with van der Waals surface area (Å²) < 4.78 is 98.9. The van der Waals surface area contributed by atoms with Crippen molar-refractivity contribution in [1.82, 2.24) is 0 Å². The number of hydrogen-bond donors (Lipinski definition) is 1. The molecule has 0 amide bonds. The van der Waals surface area contributed by atoms with Crippen LogP contribution in [0.1, 0.15) is 36.5 Å². The second-order valence-corrected chi connectivity index (χ2v) is 8.57. The minimum atomic E-state index is -4.99. The molecular weight excluding hydrogens is 491 g/mol. The average molecular weight is 515 g/mol. The topological polar surface area (TPSA) is 32.7 Å². The van der Waals surface area contributed by atoms with Crippen LogP contribution < -0.4 is 9.64 Å². The SMILES string of the molecule is CC(C)c1cccc(Oc2cccc(N(Cc3cc(C(F)(F)F)ccc3F)C[C@@H](O)C(F)(F)F)c2)c1. The molecule has 0 saturated heterocycles. The monoisotopic (exact) mass is 515 g/mol. The van der Waals surface area contributed by atoms with E-state index < -0.39 is 48.5 Å². The number of aliphatic hydroxyl groups excluding tert-OH is 1. The van der Waals surface area contributed by atoms with Gasteiger partial charge in [-0.2, -0.15) is 26.3 Å². The van der Waals surface area contributed by atoms with Crippen LogP contribution in [-0.2, 0) is 12.7 Å². The molecular formula is C26H24F7NO2. The molecule has 0 aliphatic rings. The van der Waals surface area contributed by atoms with Crippen molar-refractivity contribution in [3.05, 3.63) is 89.2 Å². The smallest absolute Gasteiger partial charge is 0.416 e. The van der Waals surface area contributed by atoms with E-state index in [2.05, 4.69) is 0 Å². The van der Waals surface area contributed by atoms with E-state index in [-0.39, 0.29) is 17.4 Å². The molecule has 10 heteroatoms. The number of anilines is 1. The first kappa shape index (κ1) is 27.3. The van der Waals surface area contributed by atoms with Crippen molar-refractivity contribution in [2.45, 2.75) is 44.8 Å². The number of halogens is 7. The Balaban J connectivity index is 1.95. The van der Waals surface area contributed by atoms with E-state index in [0.717, 1.165) is 10.5 Å². The van der Waals surface area contributed by atoms with E-state index in [1.54, 1.807) is 24.3 Å². The average Bonchev–Trinajstić information content (AvgIpc) is 2.79. The first-order valence-corrected chi connectivity index (χ1v) is 11.0. The van der Waals surface area contributed by atoms with Gasteiger partial charge in [0.2, 0.25) is 0 Å². The molecule has 0 bridgehead atoms. The number of rotatable bonds is 8. The molecule has 3 aromatic carbocycles. The van der Waals surface area contributed by atoms with Crippen molar-refractivity contribution in [2.75, 3.05) is 11.4 Å². The molecule has 3 nitrogen and oxygen atoms in total. The van der Waals surface area contributed by atoms with E-state index in [1.807, 2.05) is 19.9 Å². The van der Waals surface area contributed by atoms with Crippen LogP contribution in [0.2, 0.25) is 0 Å². The lowest BCUT2D eigenvalue weighted by Crippen LogP contribution is -2.41. The van der Waals surface area contributed by atoms with Crippen molar-refractivity contribution in [3.63, 3.8) is 0 Å². The largest absolute Gasteiger partial charge is 0.457 e. The lowest BCUT2D eigenvalue weighted by Gasteiger charge is -2.29. The third kappa shape index (κ3) is 7.13. The van der Waals surface area contributed by atoms with Crippen LogP contribution in [-0.4, -0.2) is 23.9 Å².